The third-order valence-electron chi connectivity index (χ3n) is 5.21. The van der Waals surface area contributed by atoms with Crippen LogP contribution in [0.15, 0.2) is 49.3 Å². The van der Waals surface area contributed by atoms with Crippen LogP contribution in [-0.4, -0.2) is 66.3 Å². The van der Waals surface area contributed by atoms with Gasteiger partial charge in [-0.3, -0.25) is 14.3 Å². The predicted molar refractivity (Wildman–Crippen MR) is 110 cm³/mol. The standard InChI is InChI=1S/C21H20F2N8O2/c22-21(23)5-18(6-24)31(12-21)19(32)8-26-20(33)17-7-27-29(11-17)9-15-1-3-16(4-2-15)10-30-14-25-13-28-30/h1-4,7,11,13-14,18H,5,8-10,12H2,(H,26,33)/t18-/m0/s1. The summed E-state index contributed by atoms with van der Waals surface area (Å²) in [6.07, 6.45) is 5.31. The van der Waals surface area contributed by atoms with Gasteiger partial charge >= 0.3 is 0 Å². The highest BCUT2D eigenvalue weighted by Crippen LogP contribution is 2.31. The zero-order valence-electron chi connectivity index (χ0n) is 17.4. The van der Waals surface area contributed by atoms with Crippen LogP contribution in [0.25, 0.3) is 0 Å². The molecule has 2 aromatic heterocycles. The van der Waals surface area contributed by atoms with Crippen LogP contribution in [-0.2, 0) is 17.9 Å². The van der Waals surface area contributed by atoms with Gasteiger partial charge in [-0.25, -0.2) is 18.4 Å². The van der Waals surface area contributed by atoms with Crippen molar-refractivity contribution in [1.29, 1.82) is 5.26 Å². The van der Waals surface area contributed by atoms with Crippen LogP contribution < -0.4 is 5.32 Å². The van der Waals surface area contributed by atoms with E-state index in [-0.39, 0.29) is 5.56 Å². The minimum Gasteiger partial charge on any atom is -0.343 e. The number of nitriles is 1. The maximum atomic E-state index is 13.5. The van der Waals surface area contributed by atoms with Crippen molar-refractivity contribution in [3.63, 3.8) is 0 Å². The molecule has 33 heavy (non-hydrogen) atoms. The molecule has 1 N–H and O–H groups in total. The first-order valence-electron chi connectivity index (χ1n) is 10.1. The first kappa shape index (κ1) is 22.1. The number of nitrogens with one attached hydrogen (secondary N) is 1. The summed E-state index contributed by atoms with van der Waals surface area (Å²) < 4.78 is 30.3. The monoisotopic (exact) mass is 454 g/mol. The van der Waals surface area contributed by atoms with E-state index in [9.17, 15) is 18.4 Å². The zero-order chi connectivity index (χ0) is 23.4. The van der Waals surface area contributed by atoms with Crippen molar-refractivity contribution in [2.24, 2.45) is 0 Å². The van der Waals surface area contributed by atoms with E-state index in [0.29, 0.717) is 13.1 Å². The maximum absolute atomic E-state index is 13.5. The molecule has 1 aliphatic heterocycles. The summed E-state index contributed by atoms with van der Waals surface area (Å²) in [5.74, 6) is -4.39. The Morgan fingerprint density at radius 1 is 1.15 bits per heavy atom. The van der Waals surface area contributed by atoms with Gasteiger partial charge in [0.25, 0.3) is 11.8 Å². The molecule has 1 fully saturated rings. The molecule has 2 amide bonds. The third-order valence-corrected chi connectivity index (χ3v) is 5.21. The second-order valence-corrected chi connectivity index (χ2v) is 7.75. The topological polar surface area (TPSA) is 122 Å². The molecule has 1 atom stereocenters. The molecule has 1 saturated heterocycles. The van der Waals surface area contributed by atoms with E-state index in [2.05, 4.69) is 20.5 Å². The number of hydrogen-bond donors (Lipinski definition) is 1. The van der Waals surface area contributed by atoms with Gasteiger partial charge in [-0.05, 0) is 11.1 Å². The molecule has 3 aromatic rings. The Morgan fingerprint density at radius 3 is 2.48 bits per heavy atom. The highest BCUT2D eigenvalue weighted by molar-refractivity contribution is 5.96. The number of halogens is 2. The lowest BCUT2D eigenvalue weighted by Gasteiger charge is -2.19. The molecular formula is C21H20F2N8O2. The number of amides is 2. The summed E-state index contributed by atoms with van der Waals surface area (Å²) in [6.45, 7) is -0.265. The normalized spacial score (nSPS) is 17.0. The molecule has 3 heterocycles. The minimum absolute atomic E-state index is 0.231. The van der Waals surface area contributed by atoms with Gasteiger partial charge in [0.2, 0.25) is 5.91 Å². The van der Waals surface area contributed by atoms with Crippen LogP contribution in [0.4, 0.5) is 8.78 Å². The molecule has 0 bridgehead atoms. The lowest BCUT2D eigenvalue weighted by atomic mass is 10.1. The smallest absolute Gasteiger partial charge is 0.268 e. The van der Waals surface area contributed by atoms with E-state index in [0.717, 1.165) is 16.0 Å². The van der Waals surface area contributed by atoms with Crippen LogP contribution in [0.5, 0.6) is 0 Å². The van der Waals surface area contributed by atoms with Crippen LogP contribution in [0, 0.1) is 11.3 Å². The number of alkyl halides is 2. The number of rotatable bonds is 7. The van der Waals surface area contributed by atoms with Crippen molar-refractivity contribution in [2.75, 3.05) is 13.1 Å². The van der Waals surface area contributed by atoms with Gasteiger partial charge in [-0.2, -0.15) is 15.5 Å². The van der Waals surface area contributed by atoms with E-state index in [4.69, 9.17) is 5.26 Å². The second-order valence-electron chi connectivity index (χ2n) is 7.75. The van der Waals surface area contributed by atoms with E-state index in [1.807, 2.05) is 24.3 Å². The predicted octanol–water partition coefficient (Wildman–Crippen LogP) is 1.06. The number of likely N-dealkylation sites (tertiary alicyclic amines) is 1. The van der Waals surface area contributed by atoms with Crippen molar-refractivity contribution < 1.29 is 18.4 Å². The largest absolute Gasteiger partial charge is 0.343 e. The van der Waals surface area contributed by atoms with E-state index < -0.39 is 43.3 Å². The number of benzene rings is 1. The van der Waals surface area contributed by atoms with Gasteiger partial charge in [0.1, 0.15) is 18.7 Å². The number of aromatic nitrogens is 5. The lowest BCUT2D eigenvalue weighted by Crippen LogP contribution is -2.42. The summed E-state index contributed by atoms with van der Waals surface area (Å²) in [5.41, 5.74) is 2.26. The van der Waals surface area contributed by atoms with Crippen molar-refractivity contribution in [1.82, 2.24) is 34.8 Å². The minimum atomic E-state index is -3.10. The molecule has 0 spiro atoms. The second kappa shape index (κ2) is 9.15. The molecule has 170 valence electrons. The summed E-state index contributed by atoms with van der Waals surface area (Å²) in [4.78, 5) is 29.3. The molecule has 0 aliphatic carbocycles. The first-order valence-corrected chi connectivity index (χ1v) is 10.1. The van der Waals surface area contributed by atoms with Gasteiger partial charge in [0.15, 0.2) is 0 Å². The van der Waals surface area contributed by atoms with E-state index in [1.165, 1.54) is 18.7 Å². The molecule has 4 rings (SSSR count). The first-order chi connectivity index (χ1) is 15.8. The summed E-state index contributed by atoms with van der Waals surface area (Å²) in [7, 11) is 0. The van der Waals surface area contributed by atoms with Crippen LogP contribution in [0.1, 0.15) is 27.9 Å². The Bertz CT molecular complexity index is 1170. The van der Waals surface area contributed by atoms with Gasteiger partial charge in [-0.15, -0.1) is 0 Å². The lowest BCUT2D eigenvalue weighted by molar-refractivity contribution is -0.131. The molecule has 0 saturated carbocycles. The highest BCUT2D eigenvalue weighted by atomic mass is 19.3. The maximum Gasteiger partial charge on any atom is 0.268 e. The fourth-order valence-corrected chi connectivity index (χ4v) is 3.56. The Labute approximate surface area is 187 Å². The van der Waals surface area contributed by atoms with Crippen molar-refractivity contribution in [3.8, 4) is 6.07 Å². The average Bonchev–Trinajstić information content (AvgIpc) is 3.53. The SMILES string of the molecule is N#C[C@@H]1CC(F)(F)CN1C(=O)CNC(=O)c1cnn(Cc2ccc(Cn3cncn3)cc2)c1. The van der Waals surface area contributed by atoms with Gasteiger partial charge in [0, 0.05) is 12.6 Å². The summed E-state index contributed by atoms with van der Waals surface area (Å²) in [6, 6.07) is 8.34. The molecule has 1 aromatic carbocycles. The zero-order valence-corrected chi connectivity index (χ0v) is 17.4. The molecule has 12 heteroatoms. The number of carbonyl (C=O) groups excluding carboxylic acids is 2. The quantitative estimate of drug-likeness (QED) is 0.570. The van der Waals surface area contributed by atoms with Crippen LogP contribution in [0.2, 0.25) is 0 Å². The van der Waals surface area contributed by atoms with Crippen molar-refractivity contribution in [3.05, 3.63) is 66.0 Å². The molecule has 0 radical (unpaired) electrons. The summed E-state index contributed by atoms with van der Waals surface area (Å²) in [5, 5.41) is 19.6. The Morgan fingerprint density at radius 2 is 1.85 bits per heavy atom. The van der Waals surface area contributed by atoms with Crippen LogP contribution in [0.3, 0.4) is 0 Å². The van der Waals surface area contributed by atoms with Gasteiger partial charge in [-0.1, -0.05) is 24.3 Å². The number of nitrogens with zero attached hydrogens (tertiary/aromatic N) is 7. The van der Waals surface area contributed by atoms with Crippen LogP contribution >= 0.6 is 0 Å². The Balaban J connectivity index is 1.29. The van der Waals surface area contributed by atoms with Gasteiger partial charge in [0.05, 0.1) is 44.0 Å². The average molecular weight is 454 g/mol. The van der Waals surface area contributed by atoms with Crippen molar-refractivity contribution >= 4 is 11.8 Å². The van der Waals surface area contributed by atoms with E-state index in [1.54, 1.807) is 21.8 Å². The Hall–Kier alpha value is -4.14. The van der Waals surface area contributed by atoms with E-state index >= 15 is 0 Å². The Kier molecular flexibility index (Phi) is 6.12. The number of carbonyl (C=O) groups is 2. The fourth-order valence-electron chi connectivity index (χ4n) is 3.56. The highest BCUT2D eigenvalue weighted by Gasteiger charge is 2.47. The molecule has 1 aliphatic rings. The fraction of sp³-hybridized carbons (Fsp3) is 0.333. The summed E-state index contributed by atoms with van der Waals surface area (Å²) >= 11 is 0. The van der Waals surface area contributed by atoms with Crippen molar-refractivity contribution in [2.45, 2.75) is 31.5 Å². The molecule has 10 nitrogen and oxygen atoms in total. The molecular weight excluding hydrogens is 434 g/mol. The number of hydrogen-bond acceptors (Lipinski definition) is 6. The third kappa shape index (κ3) is 5.38. The van der Waals surface area contributed by atoms with Gasteiger partial charge < -0.3 is 10.2 Å². The molecule has 0 unspecified atom stereocenters.